The molecule has 0 unspecified atom stereocenters. The van der Waals surface area contributed by atoms with Crippen molar-refractivity contribution in [3.8, 4) is 0 Å². The van der Waals surface area contributed by atoms with E-state index in [2.05, 4.69) is 16.0 Å². The highest BCUT2D eigenvalue weighted by Crippen LogP contribution is 2.15. The minimum absolute atomic E-state index is 0.102. The largest absolute Gasteiger partial charge is 0.350 e. The summed E-state index contributed by atoms with van der Waals surface area (Å²) in [4.78, 5) is 35.3. The molecule has 0 radical (unpaired) electrons. The molecule has 3 aromatic rings. The molecule has 0 aliphatic carbocycles. The number of benzene rings is 3. The molecular weight excluding hydrogens is 354 g/mol. The maximum atomic E-state index is 12.3. The van der Waals surface area contributed by atoms with Crippen molar-refractivity contribution >= 4 is 34.2 Å². The number of fused-ring (bicyclic) bond motifs is 1. The molecule has 3 aromatic carbocycles. The summed E-state index contributed by atoms with van der Waals surface area (Å²) in [6, 6.07) is 20.4. The number of carbonyl (C=O) groups is 3. The van der Waals surface area contributed by atoms with Crippen molar-refractivity contribution in [2.75, 3.05) is 11.9 Å². The van der Waals surface area contributed by atoms with Crippen LogP contribution in [0.1, 0.15) is 22.8 Å². The molecular formula is C22H21N3O3. The highest BCUT2D eigenvalue weighted by molar-refractivity contribution is 6.00. The summed E-state index contributed by atoms with van der Waals surface area (Å²) in [5.74, 6) is -0.705. The van der Waals surface area contributed by atoms with Crippen LogP contribution < -0.4 is 16.0 Å². The van der Waals surface area contributed by atoms with Crippen LogP contribution in [0.25, 0.3) is 10.8 Å². The molecule has 0 atom stereocenters. The standard InChI is InChI=1S/C22H21N3O3/c1-15(26)25-20-10-6-16(7-11-20)13-23-21(27)14-24-22(28)19-9-8-17-4-2-3-5-18(17)12-19/h2-12H,13-14H2,1H3,(H,23,27)(H,24,28)(H,25,26). The van der Waals surface area contributed by atoms with Gasteiger partial charge in [-0.3, -0.25) is 14.4 Å². The van der Waals surface area contributed by atoms with Gasteiger partial charge in [0.1, 0.15) is 0 Å². The molecule has 6 heteroatoms. The summed E-state index contributed by atoms with van der Waals surface area (Å²) in [5.41, 5.74) is 2.11. The molecule has 3 amide bonds. The quantitative estimate of drug-likeness (QED) is 0.619. The number of nitrogens with one attached hydrogen (secondary N) is 3. The summed E-state index contributed by atoms with van der Waals surface area (Å²) < 4.78 is 0. The van der Waals surface area contributed by atoms with E-state index in [0.717, 1.165) is 16.3 Å². The predicted octanol–water partition coefficient (Wildman–Crippen LogP) is 2.84. The second kappa shape index (κ2) is 8.81. The molecule has 0 spiro atoms. The van der Waals surface area contributed by atoms with Crippen molar-refractivity contribution in [3.05, 3.63) is 77.9 Å². The normalized spacial score (nSPS) is 10.3. The lowest BCUT2D eigenvalue weighted by atomic mass is 10.1. The van der Waals surface area contributed by atoms with E-state index in [4.69, 9.17) is 0 Å². The van der Waals surface area contributed by atoms with Gasteiger partial charge < -0.3 is 16.0 Å². The molecule has 0 aromatic heterocycles. The Bertz CT molecular complexity index is 1010. The molecule has 0 saturated heterocycles. The van der Waals surface area contributed by atoms with Gasteiger partial charge in [0.15, 0.2) is 0 Å². The van der Waals surface area contributed by atoms with Crippen LogP contribution in [0.3, 0.4) is 0 Å². The van der Waals surface area contributed by atoms with Crippen LogP contribution in [0, 0.1) is 0 Å². The first kappa shape index (κ1) is 19.1. The zero-order valence-electron chi connectivity index (χ0n) is 15.5. The molecule has 0 bridgehead atoms. The number of amides is 3. The third-order valence-electron chi connectivity index (χ3n) is 4.19. The first-order valence-electron chi connectivity index (χ1n) is 8.91. The predicted molar refractivity (Wildman–Crippen MR) is 109 cm³/mol. The van der Waals surface area contributed by atoms with Crippen LogP contribution in [-0.4, -0.2) is 24.3 Å². The second-order valence-corrected chi connectivity index (χ2v) is 6.40. The number of anilines is 1. The van der Waals surface area contributed by atoms with E-state index >= 15 is 0 Å². The summed E-state index contributed by atoms with van der Waals surface area (Å²) in [5, 5.41) is 10.1. The summed E-state index contributed by atoms with van der Waals surface area (Å²) in [7, 11) is 0. The molecule has 0 aliphatic heterocycles. The van der Waals surface area contributed by atoms with Crippen molar-refractivity contribution in [2.24, 2.45) is 0 Å². The van der Waals surface area contributed by atoms with Gasteiger partial charge in [-0.2, -0.15) is 0 Å². The van der Waals surface area contributed by atoms with Gasteiger partial charge >= 0.3 is 0 Å². The minimum atomic E-state index is -0.291. The van der Waals surface area contributed by atoms with Crippen molar-refractivity contribution in [2.45, 2.75) is 13.5 Å². The lowest BCUT2D eigenvalue weighted by Gasteiger charge is -2.09. The van der Waals surface area contributed by atoms with Gasteiger partial charge in [-0.25, -0.2) is 0 Å². The zero-order valence-corrected chi connectivity index (χ0v) is 15.5. The van der Waals surface area contributed by atoms with E-state index in [-0.39, 0.29) is 24.3 Å². The van der Waals surface area contributed by atoms with Gasteiger partial charge in [0.25, 0.3) is 5.91 Å². The number of hydrogen-bond donors (Lipinski definition) is 3. The van der Waals surface area contributed by atoms with E-state index in [1.54, 1.807) is 24.3 Å². The van der Waals surface area contributed by atoms with Crippen molar-refractivity contribution in [1.82, 2.24) is 10.6 Å². The highest BCUT2D eigenvalue weighted by Gasteiger charge is 2.09. The second-order valence-electron chi connectivity index (χ2n) is 6.40. The van der Waals surface area contributed by atoms with E-state index < -0.39 is 0 Å². The number of rotatable bonds is 6. The van der Waals surface area contributed by atoms with Crippen LogP contribution in [0.15, 0.2) is 66.7 Å². The lowest BCUT2D eigenvalue weighted by molar-refractivity contribution is -0.120. The van der Waals surface area contributed by atoms with Gasteiger partial charge in [-0.15, -0.1) is 0 Å². The Kier molecular flexibility index (Phi) is 6.01. The Morgan fingerprint density at radius 3 is 2.25 bits per heavy atom. The molecule has 3 rings (SSSR count). The maximum absolute atomic E-state index is 12.3. The zero-order chi connectivity index (χ0) is 19.9. The van der Waals surface area contributed by atoms with Crippen molar-refractivity contribution in [3.63, 3.8) is 0 Å². The molecule has 0 heterocycles. The van der Waals surface area contributed by atoms with Gasteiger partial charge in [0, 0.05) is 24.7 Å². The Morgan fingerprint density at radius 2 is 1.54 bits per heavy atom. The third kappa shape index (κ3) is 5.17. The first-order chi connectivity index (χ1) is 13.5. The molecule has 6 nitrogen and oxygen atoms in total. The van der Waals surface area contributed by atoms with Crippen LogP contribution in [0.5, 0.6) is 0 Å². The Labute approximate surface area is 162 Å². The van der Waals surface area contributed by atoms with Crippen LogP contribution in [0.2, 0.25) is 0 Å². The van der Waals surface area contributed by atoms with E-state index in [1.807, 2.05) is 42.5 Å². The maximum Gasteiger partial charge on any atom is 0.251 e. The Hall–Kier alpha value is -3.67. The van der Waals surface area contributed by atoms with E-state index in [9.17, 15) is 14.4 Å². The molecule has 28 heavy (non-hydrogen) atoms. The molecule has 0 fully saturated rings. The average Bonchev–Trinajstić information content (AvgIpc) is 2.70. The van der Waals surface area contributed by atoms with Crippen LogP contribution in [0.4, 0.5) is 5.69 Å². The van der Waals surface area contributed by atoms with Crippen molar-refractivity contribution < 1.29 is 14.4 Å². The summed E-state index contributed by atoms with van der Waals surface area (Å²) >= 11 is 0. The fraction of sp³-hybridized carbons (Fsp3) is 0.136. The Morgan fingerprint density at radius 1 is 0.821 bits per heavy atom. The van der Waals surface area contributed by atoms with E-state index in [0.29, 0.717) is 17.8 Å². The fourth-order valence-corrected chi connectivity index (χ4v) is 2.77. The molecule has 142 valence electrons. The van der Waals surface area contributed by atoms with Crippen LogP contribution in [-0.2, 0) is 16.1 Å². The van der Waals surface area contributed by atoms with Crippen LogP contribution >= 0.6 is 0 Å². The fourth-order valence-electron chi connectivity index (χ4n) is 2.77. The third-order valence-corrected chi connectivity index (χ3v) is 4.19. The van der Waals surface area contributed by atoms with Gasteiger partial charge in [-0.1, -0.05) is 42.5 Å². The average molecular weight is 375 g/mol. The van der Waals surface area contributed by atoms with Gasteiger partial charge in [0.05, 0.1) is 6.54 Å². The highest BCUT2D eigenvalue weighted by atomic mass is 16.2. The SMILES string of the molecule is CC(=O)Nc1ccc(CNC(=O)CNC(=O)c2ccc3ccccc3c2)cc1. The smallest absolute Gasteiger partial charge is 0.251 e. The van der Waals surface area contributed by atoms with Gasteiger partial charge in [0.2, 0.25) is 11.8 Å². The summed E-state index contributed by atoms with van der Waals surface area (Å²) in [6.07, 6.45) is 0. The molecule has 0 saturated carbocycles. The molecule has 0 aliphatic rings. The van der Waals surface area contributed by atoms with Crippen molar-refractivity contribution in [1.29, 1.82) is 0 Å². The molecule has 3 N–H and O–H groups in total. The number of carbonyl (C=O) groups excluding carboxylic acids is 3. The van der Waals surface area contributed by atoms with Gasteiger partial charge in [-0.05, 0) is 40.6 Å². The summed E-state index contributed by atoms with van der Waals surface area (Å²) in [6.45, 7) is 1.68. The topological polar surface area (TPSA) is 87.3 Å². The van der Waals surface area contributed by atoms with E-state index in [1.165, 1.54) is 6.92 Å². The monoisotopic (exact) mass is 375 g/mol. The Balaban J connectivity index is 1.48. The first-order valence-corrected chi connectivity index (χ1v) is 8.91. The minimum Gasteiger partial charge on any atom is -0.350 e. The lowest BCUT2D eigenvalue weighted by Crippen LogP contribution is -2.36. The number of hydrogen-bond acceptors (Lipinski definition) is 3.